The van der Waals surface area contributed by atoms with E-state index in [9.17, 15) is 13.2 Å². The molecule has 5 nitrogen and oxygen atoms in total. The van der Waals surface area contributed by atoms with E-state index in [1.807, 2.05) is 0 Å². The van der Waals surface area contributed by atoms with Crippen LogP contribution in [0.1, 0.15) is 13.8 Å². The number of benzene rings is 1. The number of rotatable bonds is 5. The number of nitrogens with one attached hydrogen (secondary N) is 2. The third kappa shape index (κ3) is 4.08. The summed E-state index contributed by atoms with van der Waals surface area (Å²) in [6, 6.07) is 5.39. The van der Waals surface area contributed by atoms with Gasteiger partial charge in [-0.3, -0.25) is 4.79 Å². The highest BCUT2D eigenvalue weighted by atomic mass is 79.9. The van der Waals surface area contributed by atoms with Crippen LogP contribution in [0.25, 0.3) is 0 Å². The van der Waals surface area contributed by atoms with Gasteiger partial charge in [0.2, 0.25) is 15.9 Å². The number of carbonyl (C=O) groups excluding carboxylic acids is 1. The normalized spacial score (nSPS) is 13.1. The zero-order chi connectivity index (χ0) is 13.8. The molecule has 0 unspecified atom stereocenters. The molecule has 1 aromatic rings. The molecule has 0 bridgehead atoms. The van der Waals surface area contributed by atoms with Crippen LogP contribution in [-0.4, -0.2) is 26.9 Å². The van der Waals surface area contributed by atoms with Gasteiger partial charge < -0.3 is 5.32 Å². The van der Waals surface area contributed by atoms with Crippen molar-refractivity contribution >= 4 is 31.9 Å². The van der Waals surface area contributed by atoms with Crippen LogP contribution in [0.4, 0.5) is 0 Å². The number of hydrogen-bond acceptors (Lipinski definition) is 3. The Morgan fingerprint density at radius 3 is 2.39 bits per heavy atom. The Labute approximate surface area is 115 Å². The lowest BCUT2D eigenvalue weighted by Gasteiger charge is -2.13. The highest BCUT2D eigenvalue weighted by Crippen LogP contribution is 2.14. The van der Waals surface area contributed by atoms with Crippen LogP contribution < -0.4 is 10.0 Å². The first-order valence-corrected chi connectivity index (χ1v) is 7.70. The lowest BCUT2D eigenvalue weighted by atomic mass is 10.3. The van der Waals surface area contributed by atoms with Crippen molar-refractivity contribution in [3.8, 4) is 0 Å². The van der Waals surface area contributed by atoms with Crippen molar-refractivity contribution in [1.29, 1.82) is 0 Å². The van der Waals surface area contributed by atoms with Crippen molar-refractivity contribution in [2.24, 2.45) is 0 Å². The van der Waals surface area contributed by atoms with Gasteiger partial charge in [-0.2, -0.15) is 4.72 Å². The minimum absolute atomic E-state index is 0.127. The molecule has 1 amide bonds. The number of hydrogen-bond donors (Lipinski definition) is 2. The second-order valence-corrected chi connectivity index (χ2v) is 6.32. The Kier molecular flexibility index (Phi) is 5.30. The van der Waals surface area contributed by atoms with Crippen molar-refractivity contribution in [3.63, 3.8) is 0 Å². The molecule has 0 aliphatic carbocycles. The molecule has 0 aliphatic heterocycles. The van der Waals surface area contributed by atoms with E-state index in [-0.39, 0.29) is 10.8 Å². The minimum Gasteiger partial charge on any atom is -0.355 e. The fourth-order valence-electron chi connectivity index (χ4n) is 1.30. The van der Waals surface area contributed by atoms with Crippen molar-refractivity contribution in [1.82, 2.24) is 10.0 Å². The molecular formula is C11H15BrN2O3S. The van der Waals surface area contributed by atoms with Gasteiger partial charge in [0.25, 0.3) is 0 Å². The smallest absolute Gasteiger partial charge is 0.241 e. The summed E-state index contributed by atoms with van der Waals surface area (Å²) in [6.07, 6.45) is 0. The molecule has 0 heterocycles. The largest absolute Gasteiger partial charge is 0.355 e. The van der Waals surface area contributed by atoms with Crippen LogP contribution in [0, 0.1) is 0 Å². The van der Waals surface area contributed by atoms with Gasteiger partial charge in [-0.05, 0) is 38.1 Å². The van der Waals surface area contributed by atoms with E-state index in [1.54, 1.807) is 19.1 Å². The topological polar surface area (TPSA) is 75.3 Å². The monoisotopic (exact) mass is 334 g/mol. The zero-order valence-corrected chi connectivity index (χ0v) is 12.5. The summed E-state index contributed by atoms with van der Waals surface area (Å²) in [6.45, 7) is 3.73. The van der Waals surface area contributed by atoms with Crippen molar-refractivity contribution in [3.05, 3.63) is 28.7 Å². The molecule has 1 aromatic carbocycles. The molecule has 0 saturated heterocycles. The lowest BCUT2D eigenvalue weighted by Crippen LogP contribution is -2.44. The minimum atomic E-state index is -3.67. The summed E-state index contributed by atoms with van der Waals surface area (Å²) >= 11 is 3.23. The van der Waals surface area contributed by atoms with Gasteiger partial charge in [-0.15, -0.1) is 0 Å². The SMILES string of the molecule is CCNC(=O)[C@@H](C)NS(=O)(=O)c1ccc(Br)cc1. The number of likely N-dealkylation sites (N-methyl/N-ethyl adjacent to an activating group) is 1. The Morgan fingerprint density at radius 1 is 1.33 bits per heavy atom. The van der Waals surface area contributed by atoms with E-state index in [1.165, 1.54) is 19.1 Å². The predicted octanol–water partition coefficient (Wildman–Crippen LogP) is 1.25. The third-order valence-electron chi connectivity index (χ3n) is 2.20. The quantitative estimate of drug-likeness (QED) is 0.850. The van der Waals surface area contributed by atoms with Crippen LogP contribution in [0.2, 0.25) is 0 Å². The van der Waals surface area contributed by atoms with E-state index in [0.717, 1.165) is 4.47 Å². The fraction of sp³-hybridized carbons (Fsp3) is 0.364. The van der Waals surface area contributed by atoms with E-state index in [2.05, 4.69) is 26.0 Å². The lowest BCUT2D eigenvalue weighted by molar-refractivity contribution is -0.122. The molecule has 1 atom stereocenters. The summed E-state index contributed by atoms with van der Waals surface area (Å²) in [5.41, 5.74) is 0. The van der Waals surface area contributed by atoms with E-state index in [0.29, 0.717) is 6.54 Å². The van der Waals surface area contributed by atoms with Gasteiger partial charge in [0.1, 0.15) is 0 Å². The van der Waals surface area contributed by atoms with Gasteiger partial charge in [-0.1, -0.05) is 15.9 Å². The van der Waals surface area contributed by atoms with Crippen LogP contribution in [0.3, 0.4) is 0 Å². The first-order valence-electron chi connectivity index (χ1n) is 5.42. The van der Waals surface area contributed by atoms with Gasteiger partial charge in [0.05, 0.1) is 10.9 Å². The Morgan fingerprint density at radius 2 is 1.89 bits per heavy atom. The van der Waals surface area contributed by atoms with Gasteiger partial charge in [0.15, 0.2) is 0 Å². The molecule has 100 valence electrons. The zero-order valence-electron chi connectivity index (χ0n) is 10.1. The average molecular weight is 335 g/mol. The van der Waals surface area contributed by atoms with Crippen LogP contribution in [0.15, 0.2) is 33.6 Å². The molecule has 0 fully saturated rings. The molecule has 0 spiro atoms. The predicted molar refractivity (Wildman–Crippen MR) is 72.6 cm³/mol. The summed E-state index contributed by atoms with van der Waals surface area (Å²) in [7, 11) is -3.67. The Balaban J connectivity index is 2.82. The Hall–Kier alpha value is -0.920. The molecular weight excluding hydrogens is 320 g/mol. The maximum atomic E-state index is 12.0. The standard InChI is InChI=1S/C11H15BrN2O3S/c1-3-13-11(15)8(2)14-18(16,17)10-6-4-9(12)5-7-10/h4-8,14H,3H2,1-2H3,(H,13,15)/t8-/m1/s1. The number of carbonyl (C=O) groups is 1. The van der Waals surface area contributed by atoms with Crippen molar-refractivity contribution in [2.45, 2.75) is 24.8 Å². The van der Waals surface area contributed by atoms with Gasteiger partial charge in [-0.25, -0.2) is 8.42 Å². The maximum absolute atomic E-state index is 12.0. The van der Waals surface area contributed by atoms with Gasteiger partial charge in [0, 0.05) is 11.0 Å². The molecule has 2 N–H and O–H groups in total. The van der Waals surface area contributed by atoms with E-state index in [4.69, 9.17) is 0 Å². The second-order valence-electron chi connectivity index (χ2n) is 3.69. The molecule has 0 aromatic heterocycles. The molecule has 0 aliphatic rings. The fourth-order valence-corrected chi connectivity index (χ4v) is 2.76. The average Bonchev–Trinajstić information content (AvgIpc) is 2.29. The molecule has 18 heavy (non-hydrogen) atoms. The first-order chi connectivity index (χ1) is 8.36. The van der Waals surface area contributed by atoms with E-state index < -0.39 is 16.1 Å². The first kappa shape index (κ1) is 15.1. The molecule has 1 rings (SSSR count). The van der Waals surface area contributed by atoms with Crippen LogP contribution in [-0.2, 0) is 14.8 Å². The molecule has 0 saturated carbocycles. The van der Waals surface area contributed by atoms with Crippen LogP contribution in [0.5, 0.6) is 0 Å². The molecule has 7 heteroatoms. The summed E-state index contributed by atoms with van der Waals surface area (Å²) in [4.78, 5) is 11.6. The van der Waals surface area contributed by atoms with Gasteiger partial charge >= 0.3 is 0 Å². The Bertz CT molecular complexity index is 514. The number of sulfonamides is 1. The maximum Gasteiger partial charge on any atom is 0.241 e. The highest BCUT2D eigenvalue weighted by Gasteiger charge is 2.21. The number of halogens is 1. The third-order valence-corrected chi connectivity index (χ3v) is 4.29. The van der Waals surface area contributed by atoms with E-state index >= 15 is 0 Å². The second kappa shape index (κ2) is 6.31. The summed E-state index contributed by atoms with van der Waals surface area (Å²) in [5.74, 6) is -0.349. The molecule has 0 radical (unpaired) electrons. The van der Waals surface area contributed by atoms with Crippen LogP contribution >= 0.6 is 15.9 Å². The summed E-state index contributed by atoms with van der Waals surface area (Å²) in [5, 5.41) is 2.56. The summed E-state index contributed by atoms with van der Waals surface area (Å²) < 4.78 is 27.0. The number of amides is 1. The highest BCUT2D eigenvalue weighted by molar-refractivity contribution is 9.10. The van der Waals surface area contributed by atoms with Crippen molar-refractivity contribution < 1.29 is 13.2 Å². The van der Waals surface area contributed by atoms with Crippen molar-refractivity contribution in [2.75, 3.05) is 6.54 Å².